The van der Waals surface area contributed by atoms with Crippen LogP contribution in [-0.2, 0) is 20.1 Å². The minimum Gasteiger partial charge on any atom is -0.353 e. The summed E-state index contributed by atoms with van der Waals surface area (Å²) < 4.78 is 2.12. The third kappa shape index (κ3) is 5.49. The van der Waals surface area contributed by atoms with Gasteiger partial charge in [-0.1, -0.05) is 13.8 Å². The fourth-order valence-electron chi connectivity index (χ4n) is 2.20. The van der Waals surface area contributed by atoms with Gasteiger partial charge >= 0.3 is 0 Å². The summed E-state index contributed by atoms with van der Waals surface area (Å²) in [4.78, 5) is 11.1. The van der Waals surface area contributed by atoms with Gasteiger partial charge in [-0.15, -0.1) is 35.3 Å². The van der Waals surface area contributed by atoms with E-state index in [9.17, 15) is 0 Å². The second kappa shape index (κ2) is 9.27. The largest absolute Gasteiger partial charge is 0.353 e. The van der Waals surface area contributed by atoms with E-state index in [1.54, 1.807) is 11.3 Å². The Balaban J connectivity index is 0.00000264. The zero-order chi connectivity index (χ0) is 16.1. The molecule has 128 valence electrons. The molecule has 1 N–H and O–H groups in total. The van der Waals surface area contributed by atoms with Crippen molar-refractivity contribution in [3.05, 3.63) is 40.1 Å². The molecule has 0 bridgehead atoms. The van der Waals surface area contributed by atoms with Gasteiger partial charge in [-0.2, -0.15) is 0 Å². The van der Waals surface area contributed by atoms with Gasteiger partial charge in [0.05, 0.1) is 23.8 Å². The Labute approximate surface area is 159 Å². The lowest BCUT2D eigenvalue weighted by Gasteiger charge is -2.22. The summed E-state index contributed by atoms with van der Waals surface area (Å²) in [5.74, 6) is 1.36. The predicted molar refractivity (Wildman–Crippen MR) is 109 cm³/mol. The van der Waals surface area contributed by atoms with Crippen LogP contribution < -0.4 is 5.32 Å². The molecule has 0 saturated carbocycles. The number of aliphatic imine (C=N–C) groups is 1. The van der Waals surface area contributed by atoms with Gasteiger partial charge in [0.1, 0.15) is 0 Å². The van der Waals surface area contributed by atoms with Crippen molar-refractivity contribution < 1.29 is 0 Å². The topological polar surface area (TPSA) is 45.5 Å². The molecule has 0 unspecified atom stereocenters. The first-order chi connectivity index (χ1) is 10.5. The van der Waals surface area contributed by atoms with Crippen LogP contribution in [0.3, 0.4) is 0 Å². The number of hydrogen-bond donors (Lipinski definition) is 1. The van der Waals surface area contributed by atoms with E-state index < -0.39 is 0 Å². The SMILES string of the molecule is CN=C(NCc1csc(C(C)C)n1)N(C)Cc1cccn1C.I. The molecule has 0 saturated heterocycles. The van der Waals surface area contributed by atoms with Crippen molar-refractivity contribution in [3.8, 4) is 0 Å². The van der Waals surface area contributed by atoms with E-state index in [1.807, 2.05) is 14.1 Å². The minimum absolute atomic E-state index is 0. The summed E-state index contributed by atoms with van der Waals surface area (Å²) in [7, 11) is 5.91. The molecule has 0 atom stereocenters. The van der Waals surface area contributed by atoms with E-state index in [0.29, 0.717) is 12.5 Å². The first-order valence-electron chi connectivity index (χ1n) is 7.47. The highest BCUT2D eigenvalue weighted by Gasteiger charge is 2.10. The van der Waals surface area contributed by atoms with Crippen LogP contribution in [0.1, 0.15) is 36.2 Å². The van der Waals surface area contributed by atoms with E-state index in [2.05, 4.69) is 69.4 Å². The summed E-state index contributed by atoms with van der Waals surface area (Å²) in [5.41, 5.74) is 2.32. The number of nitrogens with zero attached hydrogens (tertiary/aromatic N) is 4. The minimum atomic E-state index is 0. The highest BCUT2D eigenvalue weighted by molar-refractivity contribution is 14.0. The van der Waals surface area contributed by atoms with E-state index >= 15 is 0 Å². The number of guanidine groups is 1. The highest BCUT2D eigenvalue weighted by Crippen LogP contribution is 2.18. The zero-order valence-corrected chi connectivity index (χ0v) is 17.6. The lowest BCUT2D eigenvalue weighted by atomic mass is 10.2. The number of aryl methyl sites for hydroxylation is 1. The van der Waals surface area contributed by atoms with Crippen LogP contribution >= 0.6 is 35.3 Å². The van der Waals surface area contributed by atoms with Crippen molar-refractivity contribution in [2.45, 2.75) is 32.9 Å². The molecule has 7 heteroatoms. The maximum atomic E-state index is 4.64. The van der Waals surface area contributed by atoms with Crippen LogP contribution in [0.5, 0.6) is 0 Å². The first kappa shape index (κ1) is 20.0. The molecule has 0 aliphatic heterocycles. The van der Waals surface area contributed by atoms with E-state index in [-0.39, 0.29) is 24.0 Å². The van der Waals surface area contributed by atoms with Gasteiger partial charge in [0.15, 0.2) is 5.96 Å². The Kier molecular flexibility index (Phi) is 8.04. The van der Waals surface area contributed by atoms with Crippen LogP contribution in [-0.4, -0.2) is 34.5 Å². The van der Waals surface area contributed by atoms with Crippen LogP contribution in [0, 0.1) is 0 Å². The molecule has 0 aliphatic carbocycles. The molecule has 2 heterocycles. The fraction of sp³-hybridized carbons (Fsp3) is 0.500. The second-order valence-electron chi connectivity index (χ2n) is 5.70. The number of rotatable bonds is 5. The van der Waals surface area contributed by atoms with E-state index in [4.69, 9.17) is 0 Å². The Hall–Kier alpha value is -1.09. The molecule has 2 rings (SSSR count). The van der Waals surface area contributed by atoms with Gasteiger partial charge in [-0.05, 0) is 12.1 Å². The van der Waals surface area contributed by atoms with Gasteiger partial charge in [-0.25, -0.2) is 4.98 Å². The van der Waals surface area contributed by atoms with Crippen molar-refractivity contribution >= 4 is 41.3 Å². The Morgan fingerprint density at radius 3 is 2.74 bits per heavy atom. The molecule has 2 aromatic rings. The number of aromatic nitrogens is 2. The van der Waals surface area contributed by atoms with Crippen molar-refractivity contribution in [1.82, 2.24) is 19.8 Å². The van der Waals surface area contributed by atoms with Gasteiger partial charge < -0.3 is 14.8 Å². The van der Waals surface area contributed by atoms with Gasteiger partial charge in [-0.3, -0.25) is 4.99 Å². The molecular formula is C16H26IN5S. The smallest absolute Gasteiger partial charge is 0.194 e. The number of nitrogens with one attached hydrogen (secondary N) is 1. The van der Waals surface area contributed by atoms with Crippen LogP contribution in [0.2, 0.25) is 0 Å². The summed E-state index contributed by atoms with van der Waals surface area (Å²) in [6.45, 7) is 5.86. The Morgan fingerprint density at radius 2 is 2.22 bits per heavy atom. The third-order valence-electron chi connectivity index (χ3n) is 3.51. The monoisotopic (exact) mass is 447 g/mol. The molecule has 5 nitrogen and oxygen atoms in total. The van der Waals surface area contributed by atoms with E-state index in [0.717, 1.165) is 18.2 Å². The quantitative estimate of drug-likeness (QED) is 0.434. The molecule has 2 aromatic heterocycles. The highest BCUT2D eigenvalue weighted by atomic mass is 127. The molecule has 0 aliphatic rings. The molecule has 0 amide bonds. The summed E-state index contributed by atoms with van der Waals surface area (Å²) in [6.07, 6.45) is 2.06. The van der Waals surface area contributed by atoms with Crippen molar-refractivity contribution in [1.29, 1.82) is 0 Å². The summed E-state index contributed by atoms with van der Waals surface area (Å²) in [5, 5.41) is 6.68. The maximum Gasteiger partial charge on any atom is 0.194 e. The lowest BCUT2D eigenvalue weighted by molar-refractivity contribution is 0.461. The molecule has 0 fully saturated rings. The molecule has 0 spiro atoms. The van der Waals surface area contributed by atoms with Gasteiger partial charge in [0, 0.05) is 44.3 Å². The van der Waals surface area contributed by atoms with Gasteiger partial charge in [0.2, 0.25) is 0 Å². The number of halogens is 1. The van der Waals surface area contributed by atoms with E-state index in [1.165, 1.54) is 10.7 Å². The summed E-state index contributed by atoms with van der Waals surface area (Å²) >= 11 is 1.72. The third-order valence-corrected chi connectivity index (χ3v) is 4.71. The molecule has 23 heavy (non-hydrogen) atoms. The summed E-state index contributed by atoms with van der Waals surface area (Å²) in [6, 6.07) is 4.18. The first-order valence-corrected chi connectivity index (χ1v) is 8.35. The zero-order valence-electron chi connectivity index (χ0n) is 14.4. The predicted octanol–water partition coefficient (Wildman–Crippen LogP) is 3.43. The van der Waals surface area contributed by atoms with Crippen molar-refractivity contribution in [2.24, 2.45) is 12.0 Å². The normalized spacial score (nSPS) is 11.5. The van der Waals surface area contributed by atoms with Crippen molar-refractivity contribution in [2.75, 3.05) is 14.1 Å². The molecule has 0 radical (unpaired) electrons. The average molecular weight is 447 g/mol. The standard InChI is InChI=1S/C16H25N5S.HI/c1-12(2)15-19-13(11-22-15)9-18-16(17-3)21(5)10-14-7-6-8-20(14)4;/h6-8,11-12H,9-10H2,1-5H3,(H,17,18);1H. The lowest BCUT2D eigenvalue weighted by Crippen LogP contribution is -2.38. The van der Waals surface area contributed by atoms with Gasteiger partial charge in [0.25, 0.3) is 0 Å². The maximum absolute atomic E-state index is 4.64. The fourth-order valence-corrected chi connectivity index (χ4v) is 3.04. The second-order valence-corrected chi connectivity index (χ2v) is 6.59. The number of thiazole rings is 1. The Morgan fingerprint density at radius 1 is 1.48 bits per heavy atom. The number of hydrogen-bond acceptors (Lipinski definition) is 3. The van der Waals surface area contributed by atoms with Crippen LogP contribution in [0.15, 0.2) is 28.7 Å². The average Bonchev–Trinajstić information content (AvgIpc) is 3.10. The molecular weight excluding hydrogens is 421 g/mol. The van der Waals surface area contributed by atoms with Crippen LogP contribution in [0.4, 0.5) is 0 Å². The Bertz CT molecular complexity index is 632. The van der Waals surface area contributed by atoms with Crippen LogP contribution in [0.25, 0.3) is 0 Å². The molecule has 0 aromatic carbocycles. The van der Waals surface area contributed by atoms with Crippen molar-refractivity contribution in [3.63, 3.8) is 0 Å².